The van der Waals surface area contributed by atoms with Crippen molar-refractivity contribution in [2.24, 2.45) is 0 Å². The van der Waals surface area contributed by atoms with E-state index in [1.54, 1.807) is 23.2 Å². The van der Waals surface area contributed by atoms with Gasteiger partial charge in [0.15, 0.2) is 0 Å². The van der Waals surface area contributed by atoms with Crippen LogP contribution >= 0.6 is 0 Å². The summed E-state index contributed by atoms with van der Waals surface area (Å²) in [6.45, 7) is 4.96. The molecule has 1 aliphatic rings. The number of anilines is 1. The van der Waals surface area contributed by atoms with Crippen LogP contribution in [0.5, 0.6) is 0 Å². The van der Waals surface area contributed by atoms with Gasteiger partial charge in [0.25, 0.3) is 11.6 Å². The Kier molecular flexibility index (Phi) is 8.40. The number of aryl methyl sites for hydroxylation is 1. The number of piperazine rings is 1. The molecule has 0 N–H and O–H groups in total. The maximum atomic E-state index is 13.2. The molecule has 0 bridgehead atoms. The van der Waals surface area contributed by atoms with E-state index >= 15 is 0 Å². The molecule has 0 aliphatic carbocycles. The Morgan fingerprint density at radius 1 is 0.946 bits per heavy atom. The molecule has 2 amide bonds. The van der Waals surface area contributed by atoms with E-state index in [2.05, 4.69) is 14.9 Å². The monoisotopic (exact) mass is 502 g/mol. The SMILES string of the molecule is Cc1cnc(C(=O)N(CCC(=O)N2CCN(c3ccc([N+](=O)[O-])cc3)CC2)CCc2ccccc2)cn1. The van der Waals surface area contributed by atoms with Gasteiger partial charge in [-0.2, -0.15) is 0 Å². The van der Waals surface area contributed by atoms with E-state index in [0.717, 1.165) is 16.9 Å². The van der Waals surface area contributed by atoms with Gasteiger partial charge in [-0.15, -0.1) is 0 Å². The van der Waals surface area contributed by atoms with Gasteiger partial charge in [0.05, 0.1) is 16.8 Å². The van der Waals surface area contributed by atoms with Gasteiger partial charge in [0.2, 0.25) is 5.91 Å². The molecule has 1 saturated heterocycles. The number of rotatable bonds is 9. The number of nitro groups is 1. The van der Waals surface area contributed by atoms with Crippen LogP contribution < -0.4 is 4.90 Å². The topological polar surface area (TPSA) is 113 Å². The molecule has 2 heterocycles. The molecule has 0 unspecified atom stereocenters. The number of amides is 2. The summed E-state index contributed by atoms with van der Waals surface area (Å²) >= 11 is 0. The smallest absolute Gasteiger partial charge is 0.274 e. The summed E-state index contributed by atoms with van der Waals surface area (Å²) < 4.78 is 0. The van der Waals surface area contributed by atoms with Gasteiger partial charge < -0.3 is 14.7 Å². The lowest BCUT2D eigenvalue weighted by atomic mass is 10.1. The summed E-state index contributed by atoms with van der Waals surface area (Å²) in [6, 6.07) is 16.4. The first kappa shape index (κ1) is 25.7. The van der Waals surface area contributed by atoms with Gasteiger partial charge in [0.1, 0.15) is 5.69 Å². The normalized spacial score (nSPS) is 13.3. The summed E-state index contributed by atoms with van der Waals surface area (Å²) in [5.74, 6) is -0.241. The number of benzene rings is 2. The van der Waals surface area contributed by atoms with Gasteiger partial charge in [0, 0.05) is 69.7 Å². The fourth-order valence-corrected chi connectivity index (χ4v) is 4.28. The van der Waals surface area contributed by atoms with Crippen molar-refractivity contribution in [3.05, 3.63) is 94.1 Å². The Morgan fingerprint density at radius 2 is 1.65 bits per heavy atom. The van der Waals surface area contributed by atoms with Crippen LogP contribution in [0.1, 0.15) is 28.2 Å². The second-order valence-electron chi connectivity index (χ2n) is 8.96. The Bertz CT molecular complexity index is 1210. The Balaban J connectivity index is 1.33. The highest BCUT2D eigenvalue weighted by Crippen LogP contribution is 2.21. The quantitative estimate of drug-likeness (QED) is 0.326. The molecule has 10 heteroatoms. The van der Waals surface area contributed by atoms with E-state index < -0.39 is 4.92 Å². The van der Waals surface area contributed by atoms with E-state index in [1.165, 1.54) is 18.3 Å². The first-order valence-electron chi connectivity index (χ1n) is 12.3. The van der Waals surface area contributed by atoms with Crippen LogP contribution in [0, 0.1) is 17.0 Å². The van der Waals surface area contributed by atoms with Crippen molar-refractivity contribution in [1.82, 2.24) is 19.8 Å². The van der Waals surface area contributed by atoms with Gasteiger partial charge in [-0.3, -0.25) is 24.7 Å². The molecule has 0 spiro atoms. The number of carbonyl (C=O) groups excluding carboxylic acids is 2. The Hall–Kier alpha value is -4.34. The second kappa shape index (κ2) is 12.1. The van der Waals surface area contributed by atoms with Gasteiger partial charge in [-0.05, 0) is 31.0 Å². The molecule has 10 nitrogen and oxygen atoms in total. The highest BCUT2D eigenvalue weighted by atomic mass is 16.6. The van der Waals surface area contributed by atoms with Crippen molar-refractivity contribution in [3.8, 4) is 0 Å². The van der Waals surface area contributed by atoms with Crippen molar-refractivity contribution in [2.75, 3.05) is 44.2 Å². The summed E-state index contributed by atoms with van der Waals surface area (Å²) in [7, 11) is 0. The summed E-state index contributed by atoms with van der Waals surface area (Å²) in [5, 5.41) is 10.9. The average Bonchev–Trinajstić information content (AvgIpc) is 2.93. The predicted octanol–water partition coefficient (Wildman–Crippen LogP) is 3.12. The third-order valence-corrected chi connectivity index (χ3v) is 6.45. The lowest BCUT2D eigenvalue weighted by Gasteiger charge is -2.36. The number of carbonyl (C=O) groups is 2. The van der Waals surface area contributed by atoms with Gasteiger partial charge in [-0.1, -0.05) is 30.3 Å². The van der Waals surface area contributed by atoms with Crippen LogP contribution in [0.4, 0.5) is 11.4 Å². The summed E-state index contributed by atoms with van der Waals surface area (Å²) in [4.78, 5) is 50.7. The zero-order valence-electron chi connectivity index (χ0n) is 20.8. The summed E-state index contributed by atoms with van der Waals surface area (Å²) in [6.07, 6.45) is 3.94. The van der Waals surface area contributed by atoms with Crippen molar-refractivity contribution in [2.45, 2.75) is 19.8 Å². The molecule has 1 aromatic heterocycles. The van der Waals surface area contributed by atoms with Crippen LogP contribution in [-0.4, -0.2) is 75.8 Å². The van der Waals surface area contributed by atoms with Crippen molar-refractivity contribution >= 4 is 23.2 Å². The zero-order valence-corrected chi connectivity index (χ0v) is 20.8. The molecule has 1 aliphatic heterocycles. The van der Waals surface area contributed by atoms with Gasteiger partial charge in [-0.25, -0.2) is 4.98 Å². The number of hydrogen-bond acceptors (Lipinski definition) is 7. The number of aromatic nitrogens is 2. The molecular weight excluding hydrogens is 472 g/mol. The first-order chi connectivity index (χ1) is 17.9. The molecule has 3 aromatic rings. The van der Waals surface area contributed by atoms with Crippen LogP contribution in [0.15, 0.2) is 67.0 Å². The van der Waals surface area contributed by atoms with Crippen molar-refractivity contribution in [3.63, 3.8) is 0 Å². The van der Waals surface area contributed by atoms with Gasteiger partial charge >= 0.3 is 0 Å². The highest BCUT2D eigenvalue weighted by molar-refractivity contribution is 5.92. The maximum Gasteiger partial charge on any atom is 0.274 e. The molecule has 192 valence electrons. The lowest BCUT2D eigenvalue weighted by Crippen LogP contribution is -2.49. The summed E-state index contributed by atoms with van der Waals surface area (Å²) in [5.41, 5.74) is 3.07. The minimum atomic E-state index is -0.417. The van der Waals surface area contributed by atoms with E-state index in [4.69, 9.17) is 0 Å². The maximum absolute atomic E-state index is 13.2. The van der Waals surface area contributed by atoms with E-state index in [9.17, 15) is 19.7 Å². The molecule has 0 atom stereocenters. The standard InChI is InChI=1S/C27H30N6O4/c1-21-19-29-25(20-28-21)27(35)32(13-11-22-5-3-2-4-6-22)14-12-26(34)31-17-15-30(16-18-31)23-7-9-24(10-8-23)33(36)37/h2-10,19-20H,11-18H2,1H3. The molecular formula is C27H30N6O4. The number of nitrogens with zero attached hydrogens (tertiary/aromatic N) is 6. The first-order valence-corrected chi connectivity index (χ1v) is 12.3. The molecule has 0 saturated carbocycles. The third kappa shape index (κ3) is 6.87. The van der Waals surface area contributed by atoms with Crippen LogP contribution in [0.25, 0.3) is 0 Å². The molecule has 1 fully saturated rings. The Labute approximate surface area is 215 Å². The minimum Gasteiger partial charge on any atom is -0.368 e. The largest absolute Gasteiger partial charge is 0.368 e. The van der Waals surface area contributed by atoms with E-state index in [-0.39, 0.29) is 29.6 Å². The van der Waals surface area contributed by atoms with Crippen LogP contribution in [-0.2, 0) is 11.2 Å². The second-order valence-corrected chi connectivity index (χ2v) is 8.96. The predicted molar refractivity (Wildman–Crippen MR) is 139 cm³/mol. The average molecular weight is 503 g/mol. The number of nitro benzene ring substituents is 1. The Morgan fingerprint density at radius 3 is 2.27 bits per heavy atom. The van der Waals surface area contributed by atoms with E-state index in [0.29, 0.717) is 45.7 Å². The fraction of sp³-hybridized carbons (Fsp3) is 0.333. The number of hydrogen-bond donors (Lipinski definition) is 0. The molecule has 4 rings (SSSR count). The van der Waals surface area contributed by atoms with E-state index in [1.807, 2.05) is 42.2 Å². The van der Waals surface area contributed by atoms with Crippen LogP contribution in [0.2, 0.25) is 0 Å². The molecule has 0 radical (unpaired) electrons. The minimum absolute atomic E-state index is 0.00384. The third-order valence-electron chi connectivity index (χ3n) is 6.45. The lowest BCUT2D eigenvalue weighted by molar-refractivity contribution is -0.384. The zero-order chi connectivity index (χ0) is 26.2. The van der Waals surface area contributed by atoms with Crippen molar-refractivity contribution < 1.29 is 14.5 Å². The molecule has 2 aromatic carbocycles. The fourth-order valence-electron chi connectivity index (χ4n) is 4.28. The van der Waals surface area contributed by atoms with Crippen LogP contribution in [0.3, 0.4) is 0 Å². The van der Waals surface area contributed by atoms with Crippen molar-refractivity contribution in [1.29, 1.82) is 0 Å². The number of non-ortho nitro benzene ring substituents is 1. The molecule has 37 heavy (non-hydrogen) atoms. The highest BCUT2D eigenvalue weighted by Gasteiger charge is 2.24.